The molecule has 5 nitrogen and oxygen atoms in total. The highest BCUT2D eigenvalue weighted by Crippen LogP contribution is 2.25. The molecule has 1 N–H and O–H groups in total. The predicted molar refractivity (Wildman–Crippen MR) is 98.2 cm³/mol. The average molecular weight is 347 g/mol. The van der Waals surface area contributed by atoms with Gasteiger partial charge in [-0.15, -0.1) is 22.0 Å². The Morgan fingerprint density at radius 3 is 2.54 bits per heavy atom. The summed E-state index contributed by atoms with van der Waals surface area (Å²) in [5.74, 6) is 1.45. The van der Waals surface area contributed by atoms with Crippen LogP contribution in [-0.2, 0) is 23.7 Å². The zero-order chi connectivity index (χ0) is 17.6. The molecule has 1 amide bonds. The highest BCUT2D eigenvalue weighted by molar-refractivity contribution is 8.00. The number of hydrogen-bond donors (Lipinski definition) is 1. The van der Waals surface area contributed by atoms with Crippen molar-refractivity contribution in [3.63, 3.8) is 0 Å². The maximum absolute atomic E-state index is 11.9. The van der Waals surface area contributed by atoms with Gasteiger partial charge < -0.3 is 9.88 Å². The highest BCUT2D eigenvalue weighted by Gasteiger charge is 2.13. The Kier molecular flexibility index (Phi) is 6.43. The summed E-state index contributed by atoms with van der Waals surface area (Å²) in [4.78, 5) is 13.0. The van der Waals surface area contributed by atoms with E-state index < -0.39 is 0 Å². The van der Waals surface area contributed by atoms with Crippen LogP contribution >= 0.6 is 11.8 Å². The van der Waals surface area contributed by atoms with Crippen molar-refractivity contribution in [2.24, 2.45) is 7.05 Å². The minimum atomic E-state index is 0.0675. The van der Waals surface area contributed by atoms with Crippen molar-refractivity contribution in [2.45, 2.75) is 43.9 Å². The third-order valence-corrected chi connectivity index (χ3v) is 4.81. The van der Waals surface area contributed by atoms with E-state index in [1.165, 1.54) is 5.56 Å². The van der Waals surface area contributed by atoms with Crippen molar-refractivity contribution in [3.8, 4) is 0 Å². The fourth-order valence-corrected chi connectivity index (χ4v) is 2.99. The fourth-order valence-electron chi connectivity index (χ4n) is 2.26. The Morgan fingerprint density at radius 1 is 1.25 bits per heavy atom. The summed E-state index contributed by atoms with van der Waals surface area (Å²) in [6.07, 6.45) is 3.37. The molecule has 0 atom stereocenters. The molecule has 0 aliphatic carbocycles. The van der Waals surface area contributed by atoms with Crippen LogP contribution in [0.1, 0.15) is 38.6 Å². The van der Waals surface area contributed by atoms with Crippen LogP contribution in [0.15, 0.2) is 35.5 Å². The van der Waals surface area contributed by atoms with Gasteiger partial charge in [-0.1, -0.05) is 32.9 Å². The molecule has 1 aromatic heterocycles. The number of thioether (sulfide) groups is 1. The topological polar surface area (TPSA) is 59.8 Å². The SMILES string of the molecule is Cn1cnnc1CCCNC(=O)CSc1ccc(C(C)(C)C)cc1. The first-order valence-corrected chi connectivity index (χ1v) is 9.18. The second-order valence-corrected chi connectivity index (χ2v) is 7.92. The molecule has 1 heterocycles. The Balaban J connectivity index is 1.67. The summed E-state index contributed by atoms with van der Waals surface area (Å²) >= 11 is 1.57. The third kappa shape index (κ3) is 5.67. The second kappa shape index (κ2) is 8.33. The summed E-state index contributed by atoms with van der Waals surface area (Å²) < 4.78 is 1.90. The molecular weight excluding hydrogens is 320 g/mol. The van der Waals surface area contributed by atoms with Crippen LogP contribution < -0.4 is 5.32 Å². The largest absolute Gasteiger partial charge is 0.355 e. The first kappa shape index (κ1) is 18.5. The molecule has 2 aromatic rings. The lowest BCUT2D eigenvalue weighted by Crippen LogP contribution is -2.26. The number of nitrogens with zero attached hydrogens (tertiary/aromatic N) is 3. The normalized spacial score (nSPS) is 11.5. The Morgan fingerprint density at radius 2 is 1.96 bits per heavy atom. The quantitative estimate of drug-likeness (QED) is 0.618. The first-order valence-electron chi connectivity index (χ1n) is 8.19. The summed E-state index contributed by atoms with van der Waals surface area (Å²) in [7, 11) is 1.93. The maximum atomic E-state index is 11.9. The van der Waals surface area contributed by atoms with Gasteiger partial charge in [-0.3, -0.25) is 4.79 Å². The first-order chi connectivity index (χ1) is 11.4. The smallest absolute Gasteiger partial charge is 0.230 e. The van der Waals surface area contributed by atoms with E-state index in [0.717, 1.165) is 23.6 Å². The van der Waals surface area contributed by atoms with Crippen molar-refractivity contribution in [2.75, 3.05) is 12.3 Å². The monoisotopic (exact) mass is 346 g/mol. The van der Waals surface area contributed by atoms with E-state index >= 15 is 0 Å². The maximum Gasteiger partial charge on any atom is 0.230 e. The zero-order valence-electron chi connectivity index (χ0n) is 14.9. The lowest BCUT2D eigenvalue weighted by atomic mass is 9.87. The van der Waals surface area contributed by atoms with Crippen LogP contribution in [0.25, 0.3) is 0 Å². The predicted octanol–water partition coefficient (Wildman–Crippen LogP) is 2.95. The number of benzene rings is 1. The van der Waals surface area contributed by atoms with E-state index in [-0.39, 0.29) is 11.3 Å². The zero-order valence-corrected chi connectivity index (χ0v) is 15.7. The van der Waals surface area contributed by atoms with E-state index in [9.17, 15) is 4.79 Å². The number of aromatic nitrogens is 3. The number of amides is 1. The van der Waals surface area contributed by atoms with Gasteiger partial charge >= 0.3 is 0 Å². The lowest BCUT2D eigenvalue weighted by Gasteiger charge is -2.19. The van der Waals surface area contributed by atoms with E-state index in [2.05, 4.69) is 60.6 Å². The molecule has 1 aromatic carbocycles. The van der Waals surface area contributed by atoms with Gasteiger partial charge in [-0.25, -0.2) is 0 Å². The lowest BCUT2D eigenvalue weighted by molar-refractivity contribution is -0.118. The van der Waals surface area contributed by atoms with E-state index in [0.29, 0.717) is 12.3 Å². The number of rotatable bonds is 7. The Hall–Kier alpha value is -1.82. The average Bonchev–Trinajstić information content (AvgIpc) is 2.94. The van der Waals surface area contributed by atoms with Crippen molar-refractivity contribution in [1.82, 2.24) is 20.1 Å². The van der Waals surface area contributed by atoms with Gasteiger partial charge in [-0.05, 0) is 29.5 Å². The van der Waals surface area contributed by atoms with Crippen LogP contribution in [0, 0.1) is 0 Å². The van der Waals surface area contributed by atoms with Gasteiger partial charge in [0.05, 0.1) is 5.75 Å². The van der Waals surface area contributed by atoms with Gasteiger partial charge in [0.15, 0.2) is 0 Å². The van der Waals surface area contributed by atoms with Crippen molar-refractivity contribution in [1.29, 1.82) is 0 Å². The number of aryl methyl sites for hydroxylation is 2. The van der Waals surface area contributed by atoms with Gasteiger partial charge in [0, 0.05) is 24.9 Å². The van der Waals surface area contributed by atoms with E-state index in [4.69, 9.17) is 0 Å². The molecule has 0 saturated heterocycles. The Bertz CT molecular complexity index is 658. The summed E-state index contributed by atoms with van der Waals surface area (Å²) in [6, 6.07) is 8.46. The molecule has 0 radical (unpaired) electrons. The van der Waals surface area contributed by atoms with Gasteiger partial charge in [0.1, 0.15) is 12.2 Å². The summed E-state index contributed by atoms with van der Waals surface area (Å²) in [5, 5.41) is 10.8. The van der Waals surface area contributed by atoms with Gasteiger partial charge in [-0.2, -0.15) is 0 Å². The van der Waals surface area contributed by atoms with E-state index in [1.807, 2.05) is 11.6 Å². The van der Waals surface area contributed by atoms with Crippen LogP contribution in [0.2, 0.25) is 0 Å². The molecule has 0 aliphatic heterocycles. The molecule has 0 spiro atoms. The van der Waals surface area contributed by atoms with Crippen LogP contribution in [0.5, 0.6) is 0 Å². The molecule has 0 fully saturated rings. The van der Waals surface area contributed by atoms with Crippen molar-refractivity contribution in [3.05, 3.63) is 42.0 Å². The third-order valence-electron chi connectivity index (χ3n) is 3.79. The molecule has 130 valence electrons. The van der Waals surface area contributed by atoms with E-state index in [1.54, 1.807) is 18.1 Å². The second-order valence-electron chi connectivity index (χ2n) is 6.87. The molecule has 2 rings (SSSR count). The summed E-state index contributed by atoms with van der Waals surface area (Å²) in [5.41, 5.74) is 1.46. The molecular formula is C18H26N4OS. The molecule has 24 heavy (non-hydrogen) atoms. The minimum Gasteiger partial charge on any atom is -0.355 e. The van der Waals surface area contributed by atoms with Crippen molar-refractivity contribution >= 4 is 17.7 Å². The van der Waals surface area contributed by atoms with Crippen LogP contribution in [0.4, 0.5) is 0 Å². The molecule has 0 unspecified atom stereocenters. The number of carbonyl (C=O) groups excluding carboxylic acids is 1. The number of carbonyl (C=O) groups is 1. The summed E-state index contributed by atoms with van der Waals surface area (Å²) in [6.45, 7) is 7.26. The van der Waals surface area contributed by atoms with Crippen LogP contribution in [-0.4, -0.2) is 33.0 Å². The molecule has 0 aliphatic rings. The van der Waals surface area contributed by atoms with Gasteiger partial charge in [0.2, 0.25) is 5.91 Å². The molecule has 0 saturated carbocycles. The van der Waals surface area contributed by atoms with Gasteiger partial charge in [0.25, 0.3) is 0 Å². The minimum absolute atomic E-state index is 0.0675. The Labute approximate surface area is 148 Å². The number of nitrogens with one attached hydrogen (secondary N) is 1. The van der Waals surface area contributed by atoms with Crippen molar-refractivity contribution < 1.29 is 4.79 Å². The fraction of sp³-hybridized carbons (Fsp3) is 0.500. The number of hydrogen-bond acceptors (Lipinski definition) is 4. The highest BCUT2D eigenvalue weighted by atomic mass is 32.2. The molecule has 6 heteroatoms. The molecule has 0 bridgehead atoms. The van der Waals surface area contributed by atoms with Crippen LogP contribution in [0.3, 0.4) is 0 Å². The standard InChI is InChI=1S/C18H26N4OS/c1-18(2,3)14-7-9-15(10-8-14)24-12-17(23)19-11-5-6-16-21-20-13-22(16)4/h7-10,13H,5-6,11-12H2,1-4H3,(H,19,23).